The molecule has 0 saturated carbocycles. The van der Waals surface area contributed by atoms with Gasteiger partial charge in [-0.15, -0.1) is 11.3 Å². The molecule has 0 aromatic carbocycles. The summed E-state index contributed by atoms with van der Waals surface area (Å²) in [4.78, 5) is 7.68. The van der Waals surface area contributed by atoms with Crippen LogP contribution >= 0.6 is 11.3 Å². The van der Waals surface area contributed by atoms with Crippen molar-refractivity contribution in [3.8, 4) is 0 Å². The highest BCUT2D eigenvalue weighted by molar-refractivity contribution is 7.88. The summed E-state index contributed by atoms with van der Waals surface area (Å²) >= 11 is 0.989. The van der Waals surface area contributed by atoms with Gasteiger partial charge >= 0.3 is 6.18 Å². The van der Waals surface area contributed by atoms with Crippen molar-refractivity contribution < 1.29 is 21.6 Å². The molecular weight excluding hydrogens is 403 g/mol. The monoisotopic (exact) mass is 427 g/mol. The summed E-state index contributed by atoms with van der Waals surface area (Å²) in [5.41, 5.74) is -0.856. The molecule has 2 heterocycles. The highest BCUT2D eigenvalue weighted by Crippen LogP contribution is 2.30. The van der Waals surface area contributed by atoms with Gasteiger partial charge in [0.05, 0.1) is 11.3 Å². The molecule has 1 aromatic heterocycles. The van der Waals surface area contributed by atoms with Crippen LogP contribution in [0.3, 0.4) is 0 Å². The zero-order valence-corrected chi connectivity index (χ0v) is 16.8. The van der Waals surface area contributed by atoms with Crippen LogP contribution in [0, 0.1) is 5.92 Å². The lowest BCUT2D eigenvalue weighted by Gasteiger charge is -2.30. The Morgan fingerprint density at radius 3 is 2.56 bits per heavy atom. The van der Waals surface area contributed by atoms with Gasteiger partial charge in [0.2, 0.25) is 10.0 Å². The maximum absolute atomic E-state index is 12.5. The first-order valence-corrected chi connectivity index (χ1v) is 11.2. The molecular formula is C15H24F3N5O2S2. The number of thiazole rings is 1. The van der Waals surface area contributed by atoms with Crippen LogP contribution in [0.5, 0.6) is 0 Å². The summed E-state index contributed by atoms with van der Waals surface area (Å²) in [7, 11) is -1.51. The van der Waals surface area contributed by atoms with Crippen LogP contribution in [-0.2, 0) is 22.6 Å². The van der Waals surface area contributed by atoms with E-state index in [4.69, 9.17) is 0 Å². The van der Waals surface area contributed by atoms with Crippen LogP contribution in [-0.4, -0.2) is 63.1 Å². The third kappa shape index (κ3) is 6.92. The molecule has 0 radical (unpaired) electrons. The van der Waals surface area contributed by atoms with Gasteiger partial charge in [0, 0.05) is 45.0 Å². The average molecular weight is 428 g/mol. The number of alkyl halides is 3. The van der Waals surface area contributed by atoms with E-state index in [1.807, 2.05) is 0 Å². The fraction of sp³-hybridized carbons (Fsp3) is 0.733. The van der Waals surface area contributed by atoms with Crippen molar-refractivity contribution >= 4 is 27.3 Å². The second-order valence-electron chi connectivity index (χ2n) is 6.36. The molecule has 27 heavy (non-hydrogen) atoms. The molecule has 0 spiro atoms. The fourth-order valence-electron chi connectivity index (χ4n) is 2.75. The van der Waals surface area contributed by atoms with Gasteiger partial charge in [-0.1, -0.05) is 0 Å². The van der Waals surface area contributed by atoms with E-state index in [-0.39, 0.29) is 0 Å². The molecule has 2 rings (SSSR count). The first-order chi connectivity index (χ1) is 12.6. The average Bonchev–Trinajstić information content (AvgIpc) is 3.07. The number of halogens is 3. The molecule has 0 aliphatic carbocycles. The highest BCUT2D eigenvalue weighted by atomic mass is 32.2. The number of hydrogen-bond acceptors (Lipinski definition) is 5. The molecule has 7 nitrogen and oxygen atoms in total. The number of piperidine rings is 1. The Morgan fingerprint density at radius 1 is 1.37 bits per heavy atom. The lowest BCUT2D eigenvalue weighted by atomic mass is 9.98. The molecule has 154 valence electrons. The third-order valence-corrected chi connectivity index (χ3v) is 6.51. The number of aromatic nitrogens is 1. The Labute approximate surface area is 161 Å². The number of hydrogen-bond donors (Lipinski definition) is 2. The van der Waals surface area contributed by atoms with Gasteiger partial charge in [0.15, 0.2) is 11.7 Å². The maximum atomic E-state index is 12.5. The number of sulfonamides is 1. The van der Waals surface area contributed by atoms with Gasteiger partial charge in [-0.25, -0.2) is 17.7 Å². The van der Waals surface area contributed by atoms with E-state index in [1.165, 1.54) is 10.6 Å². The van der Waals surface area contributed by atoms with Crippen LogP contribution in [0.1, 0.15) is 23.5 Å². The van der Waals surface area contributed by atoms with Gasteiger partial charge in [-0.2, -0.15) is 13.2 Å². The van der Waals surface area contributed by atoms with Crippen molar-refractivity contribution in [2.75, 3.05) is 39.5 Å². The van der Waals surface area contributed by atoms with E-state index in [2.05, 4.69) is 20.6 Å². The Hall–Kier alpha value is -1.40. The van der Waals surface area contributed by atoms with Crippen LogP contribution < -0.4 is 10.6 Å². The molecule has 1 aliphatic rings. The SMILES string of the molecule is CN=C(NCCc1nc(C(F)(F)F)cs1)NCC1CCN(S(C)(=O)=O)CC1. The van der Waals surface area contributed by atoms with Crippen molar-refractivity contribution in [3.63, 3.8) is 0 Å². The smallest absolute Gasteiger partial charge is 0.356 e. The Bertz CT molecular complexity index is 741. The molecule has 2 N–H and O–H groups in total. The van der Waals surface area contributed by atoms with Gasteiger partial charge in [0.1, 0.15) is 0 Å². The molecule has 1 fully saturated rings. The summed E-state index contributed by atoms with van der Waals surface area (Å²) < 4.78 is 62.1. The van der Waals surface area contributed by atoms with Gasteiger partial charge in [-0.3, -0.25) is 4.99 Å². The fourth-order valence-corrected chi connectivity index (χ4v) is 4.43. The standard InChI is InChI=1S/C15H24F3N5O2S2/c1-19-14(20-6-3-13-22-12(10-26-13)15(16,17)18)21-9-11-4-7-23(8-5-11)27(2,24)25/h10-11H,3-9H2,1-2H3,(H2,19,20,21). The van der Waals surface area contributed by atoms with Crippen LogP contribution in [0.4, 0.5) is 13.2 Å². The third-order valence-electron chi connectivity index (χ3n) is 4.30. The van der Waals surface area contributed by atoms with Crippen molar-refractivity contribution in [2.45, 2.75) is 25.4 Å². The van der Waals surface area contributed by atoms with E-state index in [9.17, 15) is 21.6 Å². The molecule has 0 amide bonds. The van der Waals surface area contributed by atoms with E-state index in [0.29, 0.717) is 49.5 Å². The zero-order valence-electron chi connectivity index (χ0n) is 15.2. The minimum Gasteiger partial charge on any atom is -0.356 e. The van der Waals surface area contributed by atoms with Crippen LogP contribution in [0.2, 0.25) is 0 Å². The van der Waals surface area contributed by atoms with Crippen LogP contribution in [0.25, 0.3) is 0 Å². The number of rotatable bonds is 6. The van der Waals surface area contributed by atoms with E-state index < -0.39 is 21.9 Å². The Morgan fingerprint density at radius 2 is 2.04 bits per heavy atom. The molecule has 1 aromatic rings. The summed E-state index contributed by atoms with van der Waals surface area (Å²) in [6.07, 6.45) is -1.27. The quantitative estimate of drug-likeness (QED) is 0.531. The van der Waals surface area contributed by atoms with E-state index >= 15 is 0 Å². The lowest BCUT2D eigenvalue weighted by molar-refractivity contribution is -0.140. The van der Waals surface area contributed by atoms with E-state index in [0.717, 1.165) is 29.6 Å². The molecule has 0 atom stereocenters. The van der Waals surface area contributed by atoms with Gasteiger partial charge < -0.3 is 10.6 Å². The molecule has 12 heteroatoms. The van der Waals surface area contributed by atoms with Crippen molar-refractivity contribution in [1.29, 1.82) is 0 Å². The number of aliphatic imine (C=N–C) groups is 1. The summed E-state index contributed by atoms with van der Waals surface area (Å²) in [6.45, 7) is 2.11. The zero-order chi connectivity index (χ0) is 20.1. The number of nitrogens with zero attached hydrogens (tertiary/aromatic N) is 3. The minimum absolute atomic E-state index is 0.342. The molecule has 1 aliphatic heterocycles. The number of guanidine groups is 1. The van der Waals surface area contributed by atoms with E-state index in [1.54, 1.807) is 7.05 Å². The lowest BCUT2D eigenvalue weighted by Crippen LogP contribution is -2.44. The summed E-state index contributed by atoms with van der Waals surface area (Å²) in [5.74, 6) is 0.906. The minimum atomic E-state index is -4.41. The van der Waals surface area contributed by atoms with Crippen molar-refractivity contribution in [2.24, 2.45) is 10.9 Å². The molecule has 0 bridgehead atoms. The van der Waals surface area contributed by atoms with Gasteiger partial charge in [-0.05, 0) is 18.8 Å². The van der Waals surface area contributed by atoms with Crippen LogP contribution in [0.15, 0.2) is 10.4 Å². The first-order valence-electron chi connectivity index (χ1n) is 8.51. The highest BCUT2D eigenvalue weighted by Gasteiger charge is 2.33. The topological polar surface area (TPSA) is 86.7 Å². The largest absolute Gasteiger partial charge is 0.434 e. The first kappa shape index (κ1) is 21.9. The Balaban J connectivity index is 1.70. The Kier molecular flexibility index (Phi) is 7.46. The normalized spacial score (nSPS) is 17.9. The van der Waals surface area contributed by atoms with Crippen molar-refractivity contribution in [1.82, 2.24) is 19.9 Å². The molecule has 1 saturated heterocycles. The second kappa shape index (κ2) is 9.20. The predicted octanol–water partition coefficient (Wildman–Crippen LogP) is 1.54. The maximum Gasteiger partial charge on any atom is 0.434 e. The summed E-state index contributed by atoms with van der Waals surface area (Å²) in [5, 5.41) is 7.67. The van der Waals surface area contributed by atoms with Crippen molar-refractivity contribution in [3.05, 3.63) is 16.1 Å². The molecule has 0 unspecified atom stereocenters. The predicted molar refractivity (Wildman–Crippen MR) is 99.3 cm³/mol. The van der Waals surface area contributed by atoms with Gasteiger partial charge in [0.25, 0.3) is 0 Å². The summed E-state index contributed by atoms with van der Waals surface area (Å²) in [6, 6.07) is 0. The number of nitrogens with one attached hydrogen (secondary N) is 2. The second-order valence-corrected chi connectivity index (χ2v) is 9.28.